The predicted octanol–water partition coefficient (Wildman–Crippen LogP) is 2.70. The zero-order valence-electron chi connectivity index (χ0n) is 12.1. The van der Waals surface area contributed by atoms with Gasteiger partial charge >= 0.3 is 5.97 Å². The van der Waals surface area contributed by atoms with Crippen molar-refractivity contribution in [1.29, 1.82) is 0 Å². The Morgan fingerprint density at radius 3 is 2.62 bits per heavy atom. The summed E-state index contributed by atoms with van der Waals surface area (Å²) in [4.78, 5) is 23.4. The van der Waals surface area contributed by atoms with Crippen molar-refractivity contribution in [3.05, 3.63) is 42.0 Å². The van der Waals surface area contributed by atoms with Crippen LogP contribution in [-0.4, -0.2) is 38.0 Å². The van der Waals surface area contributed by atoms with E-state index in [0.29, 0.717) is 6.61 Å². The molecule has 0 amide bonds. The Morgan fingerprint density at radius 2 is 2.00 bits per heavy atom. The van der Waals surface area contributed by atoms with Gasteiger partial charge in [0.2, 0.25) is 0 Å². The Labute approximate surface area is 129 Å². The number of benzene rings is 1. The van der Waals surface area contributed by atoms with Crippen molar-refractivity contribution in [2.24, 2.45) is 5.92 Å². The van der Waals surface area contributed by atoms with E-state index in [9.17, 15) is 9.59 Å². The molecule has 114 valence electrons. The maximum absolute atomic E-state index is 11.8. The highest BCUT2D eigenvalue weighted by molar-refractivity contribution is 6.15. The molecule has 1 aliphatic rings. The Bertz CT molecular complexity index is 476. The van der Waals surface area contributed by atoms with E-state index in [1.165, 1.54) is 13.5 Å². The quantitative estimate of drug-likeness (QED) is 0.489. The summed E-state index contributed by atoms with van der Waals surface area (Å²) in [7, 11) is 1.28. The molecule has 5 heteroatoms. The Balaban J connectivity index is 0.00000106. The number of ketones is 1. The van der Waals surface area contributed by atoms with Gasteiger partial charge in [0.05, 0.1) is 19.8 Å². The fraction of sp³-hybridized carbons (Fsp3) is 0.375. The molecule has 1 heterocycles. The van der Waals surface area contributed by atoms with Crippen LogP contribution in [0.3, 0.4) is 0 Å². The predicted molar refractivity (Wildman–Crippen MR) is 82.1 cm³/mol. The van der Waals surface area contributed by atoms with E-state index in [-0.39, 0.29) is 12.2 Å². The maximum atomic E-state index is 11.8. The molecule has 0 aromatic heterocycles. The van der Waals surface area contributed by atoms with Crippen molar-refractivity contribution >= 4 is 29.4 Å². The second-order valence-electron chi connectivity index (χ2n) is 4.32. The molecule has 1 aliphatic heterocycles. The molecule has 0 N–H and O–H groups in total. The highest BCUT2D eigenvalue weighted by atomic mass is 35.5. The monoisotopic (exact) mass is 310 g/mol. The van der Waals surface area contributed by atoms with E-state index in [0.717, 1.165) is 5.56 Å². The molecule has 4 nitrogen and oxygen atoms in total. The highest BCUT2D eigenvalue weighted by Gasteiger charge is 2.37. The first-order chi connectivity index (χ1) is 10.2. The minimum Gasteiger partial charge on any atom is -0.468 e. The minimum absolute atomic E-state index is 0.124. The summed E-state index contributed by atoms with van der Waals surface area (Å²) in [5.74, 6) is -1.51. The van der Waals surface area contributed by atoms with E-state index in [1.807, 2.05) is 36.4 Å². The molecule has 1 saturated heterocycles. The summed E-state index contributed by atoms with van der Waals surface area (Å²) in [6, 6.07) is 9.65. The normalized spacial score (nSPS) is 21.6. The number of halogens is 1. The second-order valence-corrected chi connectivity index (χ2v) is 4.32. The number of ether oxygens (including phenoxy) is 2. The van der Waals surface area contributed by atoms with Gasteiger partial charge in [0.1, 0.15) is 5.92 Å². The molecule has 0 bridgehead atoms. The Morgan fingerprint density at radius 1 is 1.33 bits per heavy atom. The molecule has 0 unspecified atom stereocenters. The van der Waals surface area contributed by atoms with Crippen LogP contribution < -0.4 is 0 Å². The fourth-order valence-corrected chi connectivity index (χ4v) is 2.06. The third-order valence-corrected chi connectivity index (χ3v) is 3.07. The molecule has 0 spiro atoms. The summed E-state index contributed by atoms with van der Waals surface area (Å²) in [6.07, 6.45) is 4.77. The summed E-state index contributed by atoms with van der Waals surface area (Å²) in [6.45, 7) is 0.343. The average molecular weight is 311 g/mol. The number of esters is 1. The van der Waals surface area contributed by atoms with Gasteiger partial charge in [-0.2, -0.15) is 0 Å². The number of methoxy groups -OCH3 is 1. The largest absolute Gasteiger partial charge is 0.468 e. The fourth-order valence-electron chi connectivity index (χ4n) is 2.06. The lowest BCUT2D eigenvalue weighted by molar-refractivity contribution is -0.158. The van der Waals surface area contributed by atoms with Gasteiger partial charge in [0.25, 0.3) is 0 Å². The Kier molecular flexibility index (Phi) is 7.72. The molecule has 2 rings (SSSR count). The van der Waals surface area contributed by atoms with Crippen LogP contribution in [0.2, 0.25) is 0 Å². The smallest absolute Gasteiger partial charge is 0.319 e. The van der Waals surface area contributed by atoms with Gasteiger partial charge in [-0.3, -0.25) is 9.59 Å². The summed E-state index contributed by atoms with van der Waals surface area (Å²) in [5, 5.41) is 0. The minimum atomic E-state index is -0.848. The van der Waals surface area contributed by atoms with Crippen LogP contribution in [0.5, 0.6) is 0 Å². The maximum Gasteiger partial charge on any atom is 0.319 e. The average Bonchev–Trinajstić information content (AvgIpc) is 2.55. The lowest BCUT2D eigenvalue weighted by Crippen LogP contribution is -2.41. The van der Waals surface area contributed by atoms with Crippen molar-refractivity contribution in [3.63, 3.8) is 0 Å². The molecular weight excluding hydrogens is 292 g/mol. The van der Waals surface area contributed by atoms with Crippen LogP contribution in [-0.2, 0) is 19.1 Å². The number of hydrogen-bond acceptors (Lipinski definition) is 4. The van der Waals surface area contributed by atoms with Gasteiger partial charge in [-0.05, 0) is 5.56 Å². The van der Waals surface area contributed by atoms with Crippen molar-refractivity contribution in [2.75, 3.05) is 20.1 Å². The van der Waals surface area contributed by atoms with Crippen LogP contribution in [0.4, 0.5) is 0 Å². The van der Waals surface area contributed by atoms with Crippen molar-refractivity contribution in [3.8, 4) is 0 Å². The molecule has 0 radical (unpaired) electrons. The van der Waals surface area contributed by atoms with E-state index in [1.54, 1.807) is 6.08 Å². The zero-order chi connectivity index (χ0) is 15.7. The van der Waals surface area contributed by atoms with Gasteiger partial charge in [0.15, 0.2) is 5.78 Å². The van der Waals surface area contributed by atoms with Crippen molar-refractivity contribution in [1.82, 2.24) is 0 Å². The Hall–Kier alpha value is -1.65. The molecule has 1 aromatic rings. The first kappa shape index (κ1) is 17.4. The van der Waals surface area contributed by atoms with Crippen LogP contribution >= 0.6 is 11.6 Å². The van der Waals surface area contributed by atoms with E-state index in [2.05, 4.69) is 16.3 Å². The first-order valence-electron chi connectivity index (χ1n) is 6.55. The zero-order valence-corrected chi connectivity index (χ0v) is 12.9. The van der Waals surface area contributed by atoms with Gasteiger partial charge in [0, 0.05) is 12.8 Å². The lowest BCUT2D eigenvalue weighted by atomic mass is 9.92. The molecule has 1 fully saturated rings. The number of carbonyl (C=O) groups excluding carboxylic acids is 2. The van der Waals surface area contributed by atoms with Crippen LogP contribution in [0.1, 0.15) is 12.0 Å². The van der Waals surface area contributed by atoms with Gasteiger partial charge < -0.3 is 9.47 Å². The van der Waals surface area contributed by atoms with E-state index in [4.69, 9.17) is 4.74 Å². The molecule has 1 aromatic carbocycles. The van der Waals surface area contributed by atoms with E-state index >= 15 is 0 Å². The molecule has 0 saturated carbocycles. The molecule has 0 aliphatic carbocycles. The van der Waals surface area contributed by atoms with Gasteiger partial charge in [-0.15, -0.1) is 11.6 Å². The highest BCUT2D eigenvalue weighted by Crippen LogP contribution is 2.21. The third-order valence-electron chi connectivity index (χ3n) is 3.07. The molecule has 21 heavy (non-hydrogen) atoms. The van der Waals surface area contributed by atoms with Gasteiger partial charge in [-0.25, -0.2) is 0 Å². The SMILES string of the molecule is CCl.COC(=O)[C@H]1C(=O)CCO[C@@H]1/C=C/c1ccccc1. The number of rotatable bonds is 3. The second kappa shape index (κ2) is 9.32. The number of hydrogen-bond donors (Lipinski definition) is 0. The van der Waals surface area contributed by atoms with Crippen LogP contribution in [0.25, 0.3) is 6.08 Å². The standard InChI is InChI=1S/C15H16O4.CH3Cl/c1-18-15(17)14-12(16)9-10-19-13(14)8-7-11-5-3-2-4-6-11;1-2/h2-8,13-14H,9-10H2,1H3;1H3/b8-7+;/t13-,14+;/m1./s1. The first-order valence-corrected chi connectivity index (χ1v) is 7.31. The summed E-state index contributed by atoms with van der Waals surface area (Å²) >= 11 is 4.64. The van der Waals surface area contributed by atoms with Crippen molar-refractivity contribution < 1.29 is 19.1 Å². The summed E-state index contributed by atoms with van der Waals surface area (Å²) < 4.78 is 10.2. The topological polar surface area (TPSA) is 52.6 Å². The van der Waals surface area contributed by atoms with E-state index < -0.39 is 18.0 Å². The van der Waals surface area contributed by atoms with Gasteiger partial charge in [-0.1, -0.05) is 42.5 Å². The third kappa shape index (κ3) is 4.99. The molecule has 2 atom stereocenters. The van der Waals surface area contributed by atoms with Crippen LogP contribution in [0, 0.1) is 5.92 Å². The molecular formula is C16H19ClO4. The number of carbonyl (C=O) groups is 2. The number of alkyl halides is 1. The van der Waals surface area contributed by atoms with Crippen LogP contribution in [0.15, 0.2) is 36.4 Å². The van der Waals surface area contributed by atoms with Crippen molar-refractivity contribution in [2.45, 2.75) is 12.5 Å². The summed E-state index contributed by atoms with van der Waals surface area (Å²) in [5.41, 5.74) is 0.993. The number of Topliss-reactive ketones (excluding diaryl/α,β-unsaturated/α-hetero) is 1. The lowest BCUT2D eigenvalue weighted by Gasteiger charge is -2.26.